The lowest BCUT2D eigenvalue weighted by molar-refractivity contribution is 0.557. The summed E-state index contributed by atoms with van der Waals surface area (Å²) in [6.07, 6.45) is 0. The molecule has 0 atom stereocenters. The number of aryl methyl sites for hydroxylation is 1. The van der Waals surface area contributed by atoms with Gasteiger partial charge < -0.3 is 4.42 Å². The lowest BCUT2D eigenvalue weighted by Gasteiger charge is -2.01. The van der Waals surface area contributed by atoms with Crippen LogP contribution in [-0.2, 0) is 0 Å². The first kappa shape index (κ1) is 11.4. The van der Waals surface area contributed by atoms with E-state index in [-0.39, 0.29) is 5.63 Å². The molecule has 0 amide bonds. The molecule has 0 aliphatic carbocycles. The third-order valence-electron chi connectivity index (χ3n) is 2.32. The SMILES string of the molecule is Cc1nnc(Sc2cc(=O)oc3ccccc23)s1. The smallest absolute Gasteiger partial charge is 0.337 e. The highest BCUT2D eigenvalue weighted by Gasteiger charge is 2.09. The lowest BCUT2D eigenvalue weighted by atomic mass is 10.2. The van der Waals surface area contributed by atoms with E-state index in [1.54, 1.807) is 6.07 Å². The molecular weight excluding hydrogens is 268 g/mol. The standard InChI is InChI=1S/C12H8N2O2S2/c1-7-13-14-12(17-7)18-10-6-11(15)16-9-5-3-2-4-8(9)10/h2-6H,1H3. The summed E-state index contributed by atoms with van der Waals surface area (Å²) in [6, 6.07) is 8.96. The van der Waals surface area contributed by atoms with Crippen LogP contribution in [0, 0.1) is 6.92 Å². The van der Waals surface area contributed by atoms with Crippen LogP contribution in [0.4, 0.5) is 0 Å². The third kappa shape index (κ3) is 2.16. The van der Waals surface area contributed by atoms with Gasteiger partial charge in [-0.3, -0.25) is 0 Å². The maximum absolute atomic E-state index is 11.5. The fraction of sp³-hybridized carbons (Fsp3) is 0.0833. The van der Waals surface area contributed by atoms with Gasteiger partial charge in [0.15, 0.2) is 4.34 Å². The van der Waals surface area contributed by atoms with Gasteiger partial charge in [-0.1, -0.05) is 41.3 Å². The monoisotopic (exact) mass is 276 g/mol. The molecule has 90 valence electrons. The minimum Gasteiger partial charge on any atom is -0.423 e. The number of aromatic nitrogens is 2. The van der Waals surface area contributed by atoms with E-state index in [2.05, 4.69) is 10.2 Å². The van der Waals surface area contributed by atoms with E-state index < -0.39 is 0 Å². The van der Waals surface area contributed by atoms with Crippen molar-refractivity contribution in [2.45, 2.75) is 16.2 Å². The molecule has 0 saturated heterocycles. The Morgan fingerprint density at radius 2 is 2.11 bits per heavy atom. The van der Waals surface area contributed by atoms with Crippen LogP contribution in [0.1, 0.15) is 5.01 Å². The zero-order valence-electron chi connectivity index (χ0n) is 9.41. The van der Waals surface area contributed by atoms with Crippen molar-refractivity contribution in [3.05, 3.63) is 45.8 Å². The first-order valence-corrected chi connectivity index (χ1v) is 6.86. The number of nitrogens with zero attached hydrogens (tertiary/aromatic N) is 2. The Hall–Kier alpha value is -1.66. The molecule has 0 aliphatic rings. The van der Waals surface area contributed by atoms with Gasteiger partial charge >= 0.3 is 5.63 Å². The molecule has 0 saturated carbocycles. The Labute approximate surface area is 111 Å². The lowest BCUT2D eigenvalue weighted by Crippen LogP contribution is -1.96. The average Bonchev–Trinajstić information content (AvgIpc) is 2.74. The van der Waals surface area contributed by atoms with E-state index in [1.165, 1.54) is 29.2 Å². The number of para-hydroxylation sites is 1. The summed E-state index contributed by atoms with van der Waals surface area (Å²) < 4.78 is 5.97. The molecule has 3 rings (SSSR count). The minimum atomic E-state index is -0.350. The number of hydrogen-bond donors (Lipinski definition) is 0. The first-order valence-electron chi connectivity index (χ1n) is 5.23. The summed E-state index contributed by atoms with van der Waals surface area (Å²) in [5, 5.41) is 9.83. The van der Waals surface area contributed by atoms with Crippen molar-refractivity contribution in [1.82, 2.24) is 10.2 Å². The second-order valence-corrected chi connectivity index (χ2v) is 6.09. The molecule has 2 heterocycles. The molecule has 0 aliphatic heterocycles. The number of benzene rings is 1. The van der Waals surface area contributed by atoms with Crippen molar-refractivity contribution < 1.29 is 4.42 Å². The van der Waals surface area contributed by atoms with E-state index in [0.29, 0.717) is 5.58 Å². The first-order chi connectivity index (χ1) is 8.72. The zero-order chi connectivity index (χ0) is 12.5. The number of hydrogen-bond acceptors (Lipinski definition) is 6. The largest absolute Gasteiger partial charge is 0.423 e. The second kappa shape index (κ2) is 4.55. The third-order valence-corrected chi connectivity index (χ3v) is 4.26. The molecule has 3 aromatic rings. The fourth-order valence-electron chi connectivity index (χ4n) is 1.58. The molecule has 0 unspecified atom stereocenters. The molecule has 0 spiro atoms. The molecule has 0 radical (unpaired) electrons. The Kier molecular flexibility index (Phi) is 2.89. The van der Waals surface area contributed by atoms with Crippen molar-refractivity contribution >= 4 is 34.1 Å². The Balaban J connectivity index is 2.13. The van der Waals surface area contributed by atoms with Gasteiger partial charge in [0.25, 0.3) is 0 Å². The molecule has 0 bridgehead atoms. The van der Waals surface area contributed by atoms with E-state index in [4.69, 9.17) is 4.42 Å². The van der Waals surface area contributed by atoms with Gasteiger partial charge in [0.05, 0.1) is 0 Å². The predicted molar refractivity (Wildman–Crippen MR) is 71.3 cm³/mol. The maximum atomic E-state index is 11.5. The van der Waals surface area contributed by atoms with Crippen LogP contribution >= 0.6 is 23.1 Å². The summed E-state index contributed by atoms with van der Waals surface area (Å²) in [7, 11) is 0. The molecular formula is C12H8N2O2S2. The molecule has 0 N–H and O–H groups in total. The Morgan fingerprint density at radius 3 is 2.89 bits per heavy atom. The average molecular weight is 276 g/mol. The van der Waals surface area contributed by atoms with Crippen molar-refractivity contribution in [3.8, 4) is 0 Å². The molecule has 4 nitrogen and oxygen atoms in total. The van der Waals surface area contributed by atoms with Crippen molar-refractivity contribution in [1.29, 1.82) is 0 Å². The zero-order valence-corrected chi connectivity index (χ0v) is 11.0. The van der Waals surface area contributed by atoms with Crippen molar-refractivity contribution in [2.24, 2.45) is 0 Å². The Morgan fingerprint density at radius 1 is 1.28 bits per heavy atom. The molecule has 18 heavy (non-hydrogen) atoms. The predicted octanol–water partition coefficient (Wildman–Crippen LogP) is 3.10. The highest BCUT2D eigenvalue weighted by atomic mass is 32.2. The van der Waals surface area contributed by atoms with Crippen LogP contribution < -0.4 is 5.63 Å². The van der Waals surface area contributed by atoms with Gasteiger partial charge in [-0.2, -0.15) is 0 Å². The van der Waals surface area contributed by atoms with Gasteiger partial charge in [0, 0.05) is 16.3 Å². The van der Waals surface area contributed by atoms with Crippen LogP contribution in [0.3, 0.4) is 0 Å². The van der Waals surface area contributed by atoms with E-state index >= 15 is 0 Å². The highest BCUT2D eigenvalue weighted by molar-refractivity contribution is 8.01. The second-order valence-electron chi connectivity index (χ2n) is 3.61. The van der Waals surface area contributed by atoms with Gasteiger partial charge in [-0.15, -0.1) is 10.2 Å². The minimum absolute atomic E-state index is 0.350. The van der Waals surface area contributed by atoms with E-state index in [9.17, 15) is 4.79 Å². The van der Waals surface area contributed by atoms with Gasteiger partial charge in [-0.05, 0) is 13.0 Å². The van der Waals surface area contributed by atoms with Crippen molar-refractivity contribution in [2.75, 3.05) is 0 Å². The van der Waals surface area contributed by atoms with Gasteiger partial charge in [0.1, 0.15) is 10.6 Å². The van der Waals surface area contributed by atoms with Gasteiger partial charge in [0.2, 0.25) is 0 Å². The van der Waals surface area contributed by atoms with Crippen LogP contribution in [0.2, 0.25) is 0 Å². The summed E-state index contributed by atoms with van der Waals surface area (Å²) in [5.74, 6) is 0. The number of rotatable bonds is 2. The molecule has 6 heteroatoms. The van der Waals surface area contributed by atoms with Gasteiger partial charge in [-0.25, -0.2) is 4.79 Å². The summed E-state index contributed by atoms with van der Waals surface area (Å²) in [6.45, 7) is 1.90. The van der Waals surface area contributed by atoms with Crippen LogP contribution in [0.5, 0.6) is 0 Å². The summed E-state index contributed by atoms with van der Waals surface area (Å²) in [5.41, 5.74) is 0.242. The van der Waals surface area contributed by atoms with Crippen molar-refractivity contribution in [3.63, 3.8) is 0 Å². The van der Waals surface area contributed by atoms with Crippen LogP contribution in [-0.4, -0.2) is 10.2 Å². The van der Waals surface area contributed by atoms with E-state index in [0.717, 1.165) is 19.6 Å². The fourth-order valence-corrected chi connectivity index (χ4v) is 3.50. The van der Waals surface area contributed by atoms with E-state index in [1.807, 2.05) is 25.1 Å². The Bertz CT molecular complexity index is 764. The maximum Gasteiger partial charge on any atom is 0.337 e. The molecule has 1 aromatic carbocycles. The quantitative estimate of drug-likeness (QED) is 0.673. The summed E-state index contributed by atoms with van der Waals surface area (Å²) in [4.78, 5) is 12.3. The normalized spacial score (nSPS) is 10.9. The highest BCUT2D eigenvalue weighted by Crippen LogP contribution is 2.33. The molecule has 0 fully saturated rings. The topological polar surface area (TPSA) is 56.0 Å². The van der Waals surface area contributed by atoms with Crippen LogP contribution in [0.15, 0.2) is 48.8 Å². The molecule has 2 aromatic heterocycles. The number of fused-ring (bicyclic) bond motifs is 1. The summed E-state index contributed by atoms with van der Waals surface area (Å²) >= 11 is 2.94. The van der Waals surface area contributed by atoms with Crippen LogP contribution in [0.25, 0.3) is 11.0 Å².